The van der Waals surface area contributed by atoms with Crippen LogP contribution in [0.1, 0.15) is 129 Å². The first-order valence-corrected chi connectivity index (χ1v) is 12.9. The summed E-state index contributed by atoms with van der Waals surface area (Å²) in [6, 6.07) is 0.896. The Labute approximate surface area is 172 Å². The molecule has 2 nitrogen and oxygen atoms in total. The molecule has 0 saturated carbocycles. The molecule has 0 spiro atoms. The highest BCUT2D eigenvalue weighted by Gasteiger charge is 2.20. The van der Waals surface area contributed by atoms with Gasteiger partial charge in [0.1, 0.15) is 0 Å². The normalized spacial score (nSPS) is 17.2. The summed E-state index contributed by atoms with van der Waals surface area (Å²) in [4.78, 5) is 2.82. The Morgan fingerprint density at radius 1 is 0.630 bits per heavy atom. The zero-order valence-corrected chi connectivity index (χ0v) is 19.2. The number of unbranched alkanes of at least 4 members (excludes halogenated alkanes) is 14. The van der Waals surface area contributed by atoms with Crippen molar-refractivity contribution < 1.29 is 5.32 Å². The van der Waals surface area contributed by atoms with Crippen LogP contribution in [0.15, 0.2) is 0 Å². The van der Waals surface area contributed by atoms with Crippen molar-refractivity contribution in [2.75, 3.05) is 26.2 Å². The Kier molecular flexibility index (Phi) is 17.8. The van der Waals surface area contributed by atoms with Gasteiger partial charge in [-0.25, -0.2) is 0 Å². The van der Waals surface area contributed by atoms with Crippen molar-refractivity contribution in [1.82, 2.24) is 4.90 Å². The van der Waals surface area contributed by atoms with E-state index in [1.807, 2.05) is 0 Å². The SMILES string of the molecule is CCCCCCCCCCN(CCCCCCCCCC)C[C@@H]1CCC[NH2+]1. The highest BCUT2D eigenvalue weighted by molar-refractivity contribution is 4.68. The molecule has 0 aliphatic carbocycles. The lowest BCUT2D eigenvalue weighted by Gasteiger charge is -2.24. The van der Waals surface area contributed by atoms with Gasteiger partial charge >= 0.3 is 0 Å². The highest BCUT2D eigenvalue weighted by Crippen LogP contribution is 2.12. The number of hydrogen-bond donors (Lipinski definition) is 1. The van der Waals surface area contributed by atoms with E-state index in [-0.39, 0.29) is 0 Å². The summed E-state index contributed by atoms with van der Waals surface area (Å²) in [6.45, 7) is 10.1. The lowest BCUT2D eigenvalue weighted by Crippen LogP contribution is -2.88. The maximum atomic E-state index is 2.82. The number of nitrogens with zero attached hydrogens (tertiary/aromatic N) is 1. The molecule has 0 radical (unpaired) electrons. The van der Waals surface area contributed by atoms with E-state index in [1.165, 1.54) is 142 Å². The minimum atomic E-state index is 0.896. The van der Waals surface area contributed by atoms with E-state index < -0.39 is 0 Å². The lowest BCUT2D eigenvalue weighted by molar-refractivity contribution is -0.669. The fraction of sp³-hybridized carbons (Fsp3) is 1.00. The van der Waals surface area contributed by atoms with Crippen molar-refractivity contribution in [3.05, 3.63) is 0 Å². The molecular formula is C25H53N2+. The summed E-state index contributed by atoms with van der Waals surface area (Å²) in [6.07, 6.45) is 26.0. The van der Waals surface area contributed by atoms with Crippen molar-refractivity contribution in [2.45, 2.75) is 135 Å². The maximum absolute atomic E-state index is 2.82. The van der Waals surface area contributed by atoms with Crippen LogP contribution in [-0.2, 0) is 0 Å². The van der Waals surface area contributed by atoms with Gasteiger partial charge in [0.2, 0.25) is 0 Å². The summed E-state index contributed by atoms with van der Waals surface area (Å²) in [5.74, 6) is 0. The van der Waals surface area contributed by atoms with Gasteiger partial charge in [0, 0.05) is 12.8 Å². The van der Waals surface area contributed by atoms with Crippen LogP contribution in [0.5, 0.6) is 0 Å². The standard InChI is InChI=1S/C25H52N2/c1-3-5-7-9-11-13-15-17-22-27(24-25-20-19-21-26-25)23-18-16-14-12-10-8-6-4-2/h25-26H,3-24H2,1-2H3/p+1/t25-/m0/s1. The average Bonchev–Trinajstić information content (AvgIpc) is 3.18. The van der Waals surface area contributed by atoms with E-state index in [0.717, 1.165) is 6.04 Å². The summed E-state index contributed by atoms with van der Waals surface area (Å²) < 4.78 is 0. The van der Waals surface area contributed by atoms with Crippen LogP contribution in [0, 0.1) is 0 Å². The Morgan fingerprint density at radius 2 is 1.07 bits per heavy atom. The monoisotopic (exact) mass is 381 g/mol. The van der Waals surface area contributed by atoms with E-state index in [2.05, 4.69) is 24.1 Å². The average molecular weight is 382 g/mol. The Balaban J connectivity index is 2.06. The second kappa shape index (κ2) is 19.2. The second-order valence-corrected chi connectivity index (χ2v) is 9.18. The third-order valence-corrected chi connectivity index (χ3v) is 6.43. The van der Waals surface area contributed by atoms with E-state index in [0.29, 0.717) is 0 Å². The van der Waals surface area contributed by atoms with Gasteiger partial charge < -0.3 is 5.32 Å². The lowest BCUT2D eigenvalue weighted by atomic mass is 10.1. The highest BCUT2D eigenvalue weighted by atomic mass is 15.1. The molecule has 1 fully saturated rings. The van der Waals surface area contributed by atoms with Crippen LogP contribution in [-0.4, -0.2) is 37.1 Å². The molecule has 27 heavy (non-hydrogen) atoms. The molecule has 2 heteroatoms. The van der Waals surface area contributed by atoms with Crippen LogP contribution in [0.25, 0.3) is 0 Å². The van der Waals surface area contributed by atoms with Crippen LogP contribution < -0.4 is 5.32 Å². The Bertz CT molecular complexity index is 266. The molecule has 0 aromatic carbocycles. The van der Waals surface area contributed by atoms with Crippen LogP contribution in [0.3, 0.4) is 0 Å². The number of rotatable bonds is 20. The summed E-state index contributed by atoms with van der Waals surface area (Å²) in [5.41, 5.74) is 0. The minimum Gasteiger partial charge on any atom is -0.343 e. The van der Waals surface area contributed by atoms with E-state index in [1.54, 1.807) is 0 Å². The van der Waals surface area contributed by atoms with Gasteiger partial charge in [-0.15, -0.1) is 0 Å². The number of quaternary nitrogens is 1. The zero-order valence-electron chi connectivity index (χ0n) is 19.2. The fourth-order valence-electron chi connectivity index (χ4n) is 4.58. The topological polar surface area (TPSA) is 19.9 Å². The fourth-order valence-corrected chi connectivity index (χ4v) is 4.58. The molecule has 0 unspecified atom stereocenters. The molecule has 2 N–H and O–H groups in total. The largest absolute Gasteiger partial charge is 0.343 e. The Hall–Kier alpha value is -0.0800. The van der Waals surface area contributed by atoms with Crippen molar-refractivity contribution in [3.63, 3.8) is 0 Å². The smallest absolute Gasteiger partial charge is 0.0990 e. The van der Waals surface area contributed by atoms with Gasteiger partial charge in [0.25, 0.3) is 0 Å². The van der Waals surface area contributed by atoms with Crippen molar-refractivity contribution in [2.24, 2.45) is 0 Å². The van der Waals surface area contributed by atoms with Gasteiger partial charge in [0.05, 0.1) is 19.1 Å². The molecule has 1 aliphatic rings. The molecule has 0 aromatic rings. The third kappa shape index (κ3) is 15.5. The van der Waals surface area contributed by atoms with E-state index in [9.17, 15) is 0 Å². The summed E-state index contributed by atoms with van der Waals surface area (Å²) in [7, 11) is 0. The van der Waals surface area contributed by atoms with Crippen LogP contribution in [0.2, 0.25) is 0 Å². The predicted molar refractivity (Wildman–Crippen MR) is 121 cm³/mol. The maximum Gasteiger partial charge on any atom is 0.0990 e. The molecule has 1 rings (SSSR count). The minimum absolute atomic E-state index is 0.896. The van der Waals surface area contributed by atoms with Gasteiger partial charge in [-0.1, -0.05) is 104 Å². The molecule has 1 atom stereocenters. The molecule has 1 saturated heterocycles. The molecular weight excluding hydrogens is 328 g/mol. The van der Waals surface area contributed by atoms with Gasteiger partial charge in [0.15, 0.2) is 0 Å². The number of hydrogen-bond acceptors (Lipinski definition) is 1. The molecule has 1 aliphatic heterocycles. The van der Waals surface area contributed by atoms with Crippen LogP contribution in [0.4, 0.5) is 0 Å². The molecule has 1 heterocycles. The van der Waals surface area contributed by atoms with Crippen molar-refractivity contribution in [3.8, 4) is 0 Å². The van der Waals surface area contributed by atoms with Gasteiger partial charge in [-0.3, -0.25) is 4.90 Å². The zero-order chi connectivity index (χ0) is 19.4. The third-order valence-electron chi connectivity index (χ3n) is 6.43. The second-order valence-electron chi connectivity index (χ2n) is 9.18. The van der Waals surface area contributed by atoms with Gasteiger partial charge in [-0.05, 0) is 25.9 Å². The summed E-state index contributed by atoms with van der Waals surface area (Å²) >= 11 is 0. The first-order chi connectivity index (χ1) is 13.4. The molecule has 0 aromatic heterocycles. The molecule has 0 amide bonds. The van der Waals surface area contributed by atoms with Crippen molar-refractivity contribution >= 4 is 0 Å². The molecule has 0 bridgehead atoms. The first kappa shape index (κ1) is 25.0. The predicted octanol–water partition coefficient (Wildman–Crippen LogP) is 6.30. The number of nitrogens with two attached hydrogens (primary N) is 1. The van der Waals surface area contributed by atoms with E-state index in [4.69, 9.17) is 0 Å². The summed E-state index contributed by atoms with van der Waals surface area (Å²) in [5, 5.41) is 2.61. The van der Waals surface area contributed by atoms with Crippen LogP contribution >= 0.6 is 0 Å². The Morgan fingerprint density at radius 3 is 1.48 bits per heavy atom. The van der Waals surface area contributed by atoms with Gasteiger partial charge in [-0.2, -0.15) is 0 Å². The first-order valence-electron chi connectivity index (χ1n) is 12.9. The van der Waals surface area contributed by atoms with Crippen molar-refractivity contribution in [1.29, 1.82) is 0 Å². The quantitative estimate of drug-likeness (QED) is 0.245. The molecule has 162 valence electrons. The van der Waals surface area contributed by atoms with E-state index >= 15 is 0 Å².